The number of rotatable bonds is 21. The van der Waals surface area contributed by atoms with E-state index >= 15 is 0 Å². The Balaban J connectivity index is -0.00000202. The number of carboxylic acids is 3. The van der Waals surface area contributed by atoms with Crippen molar-refractivity contribution in [3.63, 3.8) is 0 Å². The molecule has 2 aromatic carbocycles. The molecule has 2 atom stereocenters. The third-order valence-electron chi connectivity index (χ3n) is 7.19. The van der Waals surface area contributed by atoms with Gasteiger partial charge in [0.1, 0.15) is 18.4 Å². The van der Waals surface area contributed by atoms with Gasteiger partial charge in [-0.05, 0) is 62.9 Å². The predicted octanol–water partition coefficient (Wildman–Crippen LogP) is 1.17. The second-order valence-corrected chi connectivity index (χ2v) is 11.8. The van der Waals surface area contributed by atoms with Crippen LogP contribution in [-0.2, 0) is 33.6 Å². The van der Waals surface area contributed by atoms with E-state index < -0.39 is 72.6 Å². The van der Waals surface area contributed by atoms with Gasteiger partial charge in [0, 0.05) is 49.6 Å². The summed E-state index contributed by atoms with van der Waals surface area (Å²) in [4.78, 5) is 115. The van der Waals surface area contributed by atoms with Crippen molar-refractivity contribution in [2.24, 2.45) is 5.73 Å². The van der Waals surface area contributed by atoms with Crippen molar-refractivity contribution >= 4 is 59.6 Å². The average molecular weight is 849 g/mol. The number of nitrogens with two attached hydrogens (primary N) is 1. The van der Waals surface area contributed by atoms with Crippen molar-refractivity contribution in [2.45, 2.75) is 91.6 Å². The molecule has 60 heavy (non-hydrogen) atoms. The summed E-state index contributed by atoms with van der Waals surface area (Å²) in [6.45, 7) is 8.24. The van der Waals surface area contributed by atoms with Crippen LogP contribution in [0.15, 0.2) is 48.5 Å². The van der Waals surface area contributed by atoms with Gasteiger partial charge in [0.15, 0.2) is 0 Å². The number of nitrogens with one attached hydrogen (secondary N) is 5. The van der Waals surface area contributed by atoms with E-state index in [4.69, 9.17) is 21.1 Å². The van der Waals surface area contributed by atoms with Crippen LogP contribution in [0.3, 0.4) is 0 Å². The molecule has 0 spiro atoms. The number of aliphatic hydroxyl groups is 1. The highest BCUT2D eigenvalue weighted by molar-refractivity contribution is 6.00. The number of primary amides is 1. The molecule has 0 radical (unpaired) electrons. The van der Waals surface area contributed by atoms with Gasteiger partial charge in [-0.25, -0.2) is 4.79 Å². The first-order chi connectivity index (χ1) is 28.4. The molecule has 6 amide bonds. The zero-order valence-electron chi connectivity index (χ0n) is 34.9. The molecule has 0 fully saturated rings. The number of aryl methyl sites for hydroxylation is 1. The van der Waals surface area contributed by atoms with Crippen LogP contribution in [0.5, 0.6) is 0 Å². The summed E-state index contributed by atoms with van der Waals surface area (Å²) >= 11 is 0. The van der Waals surface area contributed by atoms with Crippen LogP contribution in [0.4, 0.5) is 0 Å². The van der Waals surface area contributed by atoms with Crippen molar-refractivity contribution in [3.05, 3.63) is 70.8 Å². The Hall–Kier alpha value is -6.70. The monoisotopic (exact) mass is 848 g/mol. The fourth-order valence-electron chi connectivity index (χ4n) is 4.18. The van der Waals surface area contributed by atoms with Crippen molar-refractivity contribution in [2.75, 3.05) is 26.7 Å². The summed E-state index contributed by atoms with van der Waals surface area (Å²) < 4.78 is 0. The maximum atomic E-state index is 12.7. The fraction of sp³-hybridized carbons (Fsp3) is 0.450. The summed E-state index contributed by atoms with van der Waals surface area (Å²) in [5.41, 5.74) is 6.84. The molecule has 0 aliphatic rings. The number of amides is 6. The molecule has 0 aliphatic heterocycles. The largest absolute Gasteiger partial charge is 0.481 e. The third-order valence-corrected chi connectivity index (χ3v) is 7.19. The molecular formula is C40H60N6O14. The molecular weight excluding hydrogens is 788 g/mol. The quantitative estimate of drug-likeness (QED) is 0.0623. The molecule has 0 bridgehead atoms. The maximum Gasteiger partial charge on any atom is 0.326 e. The average Bonchev–Trinajstić information content (AvgIpc) is 3.24. The van der Waals surface area contributed by atoms with E-state index in [-0.39, 0.29) is 49.1 Å². The normalized spacial score (nSPS) is 10.4. The van der Waals surface area contributed by atoms with E-state index in [0.29, 0.717) is 31.2 Å². The van der Waals surface area contributed by atoms with Gasteiger partial charge < -0.3 is 57.5 Å². The number of carboxylic acid groups (broad SMARTS) is 3. The third kappa shape index (κ3) is 28.7. The second kappa shape index (κ2) is 35.5. The molecule has 0 aromatic heterocycles. The van der Waals surface area contributed by atoms with Gasteiger partial charge in [0.05, 0.1) is 13.1 Å². The van der Waals surface area contributed by atoms with Gasteiger partial charge in [0.25, 0.3) is 11.8 Å². The zero-order valence-corrected chi connectivity index (χ0v) is 34.9. The van der Waals surface area contributed by atoms with Crippen LogP contribution < -0.4 is 32.3 Å². The zero-order chi connectivity index (χ0) is 46.6. The minimum atomic E-state index is -1.28. The number of aldehydes is 1. The van der Waals surface area contributed by atoms with Crippen molar-refractivity contribution in [1.29, 1.82) is 0 Å². The van der Waals surface area contributed by atoms with E-state index in [0.717, 1.165) is 12.7 Å². The smallest absolute Gasteiger partial charge is 0.326 e. The lowest BCUT2D eigenvalue weighted by molar-refractivity contribution is -0.142. The van der Waals surface area contributed by atoms with Crippen molar-refractivity contribution < 1.29 is 68.4 Å². The minimum absolute atomic E-state index is 0.0753. The maximum absolute atomic E-state index is 12.7. The Labute approximate surface area is 349 Å². The Morgan fingerprint density at radius 1 is 0.667 bits per heavy atom. The summed E-state index contributed by atoms with van der Waals surface area (Å²) in [7, 11) is 1.00. The molecule has 334 valence electrons. The van der Waals surface area contributed by atoms with E-state index in [1.807, 2.05) is 26.8 Å². The lowest BCUT2D eigenvalue weighted by Gasteiger charge is -2.19. The molecule has 0 aliphatic carbocycles. The van der Waals surface area contributed by atoms with Crippen LogP contribution in [0, 0.1) is 6.92 Å². The van der Waals surface area contributed by atoms with Crippen LogP contribution in [0.1, 0.15) is 109 Å². The van der Waals surface area contributed by atoms with E-state index in [1.54, 1.807) is 32.0 Å². The topological polar surface area (TPSA) is 338 Å². The highest BCUT2D eigenvalue weighted by Crippen LogP contribution is 2.06. The van der Waals surface area contributed by atoms with Crippen molar-refractivity contribution in [3.8, 4) is 0 Å². The first-order valence-electron chi connectivity index (χ1n) is 18.9. The Bertz CT molecular complexity index is 1670. The molecule has 0 saturated carbocycles. The second-order valence-electron chi connectivity index (χ2n) is 11.8. The van der Waals surface area contributed by atoms with E-state index in [1.165, 1.54) is 24.3 Å². The van der Waals surface area contributed by atoms with Gasteiger partial charge in [-0.3, -0.25) is 38.4 Å². The molecule has 0 heterocycles. The van der Waals surface area contributed by atoms with Crippen LogP contribution in [0.2, 0.25) is 0 Å². The number of hydrogen-bond acceptors (Lipinski definition) is 11. The number of unbranched alkanes of at least 4 members (excludes halogenated alkanes) is 1. The van der Waals surface area contributed by atoms with Crippen molar-refractivity contribution in [1.82, 2.24) is 26.6 Å². The summed E-state index contributed by atoms with van der Waals surface area (Å²) in [5, 5.41) is 44.1. The SMILES string of the molecule is CC.CCC(=O)O.CCC(=O)O.CO.Cc1cccc(C(=O)NCCCCC(NC(=O)CNC(=O)[C@@H](CCC=O)NC(=O)CNC(=O)c2cccc(C(N)=O)c2)C(=O)O)c1. The molecule has 2 aromatic rings. The van der Waals surface area contributed by atoms with Gasteiger partial charge in [-0.15, -0.1) is 0 Å². The number of carbonyl (C=O) groups excluding carboxylic acids is 7. The summed E-state index contributed by atoms with van der Waals surface area (Å²) in [6, 6.07) is 10.1. The molecule has 20 heteroatoms. The van der Waals surface area contributed by atoms with Gasteiger partial charge >= 0.3 is 17.9 Å². The fourth-order valence-corrected chi connectivity index (χ4v) is 4.18. The van der Waals surface area contributed by atoms with Crippen LogP contribution in [0.25, 0.3) is 0 Å². The number of aliphatic hydroxyl groups excluding tert-OH is 1. The number of benzene rings is 2. The van der Waals surface area contributed by atoms with E-state index in [9.17, 15) is 53.1 Å². The number of aliphatic carboxylic acids is 3. The first-order valence-corrected chi connectivity index (χ1v) is 18.9. The van der Waals surface area contributed by atoms with Gasteiger partial charge in [0.2, 0.25) is 23.6 Å². The Morgan fingerprint density at radius 2 is 1.13 bits per heavy atom. The number of carbonyl (C=O) groups is 10. The molecule has 2 rings (SSSR count). The van der Waals surface area contributed by atoms with Gasteiger partial charge in [-0.2, -0.15) is 0 Å². The van der Waals surface area contributed by atoms with Crippen LogP contribution in [-0.4, -0.2) is 119 Å². The Kier molecular flexibility index (Phi) is 34.1. The lowest BCUT2D eigenvalue weighted by Crippen LogP contribution is -2.52. The molecule has 20 nitrogen and oxygen atoms in total. The van der Waals surface area contributed by atoms with Crippen LogP contribution >= 0.6 is 0 Å². The molecule has 11 N–H and O–H groups in total. The summed E-state index contributed by atoms with van der Waals surface area (Å²) in [5.74, 6) is -6.79. The lowest BCUT2D eigenvalue weighted by atomic mass is 10.1. The molecule has 1 unspecified atom stereocenters. The highest BCUT2D eigenvalue weighted by atomic mass is 16.4. The summed E-state index contributed by atoms with van der Waals surface area (Å²) in [6.07, 6.45) is 1.71. The first kappa shape index (κ1) is 57.6. The predicted molar refractivity (Wildman–Crippen MR) is 220 cm³/mol. The van der Waals surface area contributed by atoms with E-state index in [2.05, 4.69) is 26.6 Å². The standard InChI is InChI=1S/C31H38N6O9.2C3H6O2.C2H6.CH4O/c1-19-7-4-9-21(15-19)28(42)33-13-3-2-11-24(31(45)46)37-26(40)18-35-30(44)23(12-6-14-38)36-25(39)17-34-29(43)22-10-5-8-20(16-22)27(32)41;2*1-2-3(4)5;2*1-2/h4-5,7-10,14-16,23-24H,2-3,6,11-13,17-18H2,1H3,(H2,32,41)(H,33,42)(H,34,43)(H,35,44)(H,36,39)(H,37,40)(H,45,46);2*2H2,1H3,(H,4,5);1-2H3;2H,1H3/t23-,24?;;;;/m1..../s1. The number of hydrogen-bond donors (Lipinski definition) is 10. The Morgan fingerprint density at radius 3 is 1.62 bits per heavy atom. The molecule has 0 saturated heterocycles. The minimum Gasteiger partial charge on any atom is -0.481 e. The van der Waals surface area contributed by atoms with Gasteiger partial charge in [-0.1, -0.05) is 51.5 Å². The highest BCUT2D eigenvalue weighted by Gasteiger charge is 2.23.